The van der Waals surface area contributed by atoms with Crippen LogP contribution >= 0.6 is 0 Å². The number of ether oxygens (including phenoxy) is 1. The summed E-state index contributed by atoms with van der Waals surface area (Å²) in [6, 6.07) is 4.22. The van der Waals surface area contributed by atoms with E-state index in [1.165, 1.54) is 19.3 Å². The van der Waals surface area contributed by atoms with Crippen molar-refractivity contribution in [2.24, 2.45) is 0 Å². The number of piperidine rings is 1. The Balaban J connectivity index is 1.99. The number of likely N-dealkylation sites (N-methyl/N-ethyl adjacent to an activating group) is 1. The summed E-state index contributed by atoms with van der Waals surface area (Å²) in [7, 11) is 0. The Hall–Kier alpha value is -1.62. The Morgan fingerprint density at radius 3 is 2.86 bits per heavy atom. The molecule has 1 aromatic rings. The number of hydrogen-bond donors (Lipinski definition) is 1. The van der Waals surface area contributed by atoms with Gasteiger partial charge in [0.05, 0.1) is 12.2 Å². The fourth-order valence-electron chi connectivity index (χ4n) is 2.64. The minimum Gasteiger partial charge on any atom is -0.462 e. The normalized spacial score (nSPS) is 18.3. The number of nitrogens with zero attached hydrogens (tertiary/aromatic N) is 2. The van der Waals surface area contributed by atoms with Crippen molar-refractivity contribution in [3.05, 3.63) is 23.9 Å². The molecule has 0 aromatic carbocycles. The molecule has 1 fully saturated rings. The Morgan fingerprint density at radius 2 is 2.29 bits per heavy atom. The predicted molar refractivity (Wildman–Crippen MR) is 83.7 cm³/mol. The number of aromatic nitrogens is 1. The molecule has 0 amide bonds. The molecule has 1 N–H and O–H groups in total. The Morgan fingerprint density at radius 1 is 1.43 bits per heavy atom. The molecule has 116 valence electrons. The summed E-state index contributed by atoms with van der Waals surface area (Å²) in [4.78, 5) is 18.3. The largest absolute Gasteiger partial charge is 0.462 e. The third-order valence-electron chi connectivity index (χ3n) is 3.82. The van der Waals surface area contributed by atoms with Crippen LogP contribution in [0, 0.1) is 0 Å². The second-order valence-electron chi connectivity index (χ2n) is 5.31. The molecule has 5 nitrogen and oxygen atoms in total. The van der Waals surface area contributed by atoms with Gasteiger partial charge in [-0.3, -0.25) is 0 Å². The minimum atomic E-state index is -0.312. The van der Waals surface area contributed by atoms with E-state index >= 15 is 0 Å². The Kier molecular flexibility index (Phi) is 5.99. The first-order valence-corrected chi connectivity index (χ1v) is 7.86. The molecule has 0 bridgehead atoms. The van der Waals surface area contributed by atoms with E-state index in [9.17, 15) is 4.79 Å². The summed E-state index contributed by atoms with van der Waals surface area (Å²) in [6.45, 7) is 7.29. The van der Waals surface area contributed by atoms with Gasteiger partial charge in [0.15, 0.2) is 0 Å². The third kappa shape index (κ3) is 4.43. The van der Waals surface area contributed by atoms with Crippen molar-refractivity contribution in [3.8, 4) is 0 Å². The lowest BCUT2D eigenvalue weighted by atomic mass is 10.0. The first-order valence-electron chi connectivity index (χ1n) is 7.86. The van der Waals surface area contributed by atoms with Crippen LogP contribution in [0.4, 0.5) is 5.82 Å². The SMILES string of the molecule is CCOC(=O)c1ccc(N(CC)CC2CCCCN2)nc1. The summed E-state index contributed by atoms with van der Waals surface area (Å²) in [5.41, 5.74) is 0.507. The zero-order valence-corrected chi connectivity index (χ0v) is 13.0. The van der Waals surface area contributed by atoms with Gasteiger partial charge >= 0.3 is 5.97 Å². The number of carbonyl (C=O) groups is 1. The van der Waals surface area contributed by atoms with Crippen molar-refractivity contribution < 1.29 is 9.53 Å². The van der Waals surface area contributed by atoms with E-state index < -0.39 is 0 Å². The highest BCUT2D eigenvalue weighted by Crippen LogP contribution is 2.15. The van der Waals surface area contributed by atoms with Gasteiger partial charge in [0.25, 0.3) is 0 Å². The average molecular weight is 291 g/mol. The van der Waals surface area contributed by atoms with Crippen LogP contribution in [0.15, 0.2) is 18.3 Å². The van der Waals surface area contributed by atoms with Gasteiger partial charge in [0.1, 0.15) is 5.82 Å². The molecule has 1 aromatic heterocycles. The van der Waals surface area contributed by atoms with Crippen molar-refractivity contribution in [3.63, 3.8) is 0 Å². The number of hydrogen-bond acceptors (Lipinski definition) is 5. The maximum absolute atomic E-state index is 11.6. The fraction of sp³-hybridized carbons (Fsp3) is 0.625. The predicted octanol–water partition coefficient (Wildman–Crippen LogP) is 2.23. The summed E-state index contributed by atoms with van der Waals surface area (Å²) >= 11 is 0. The van der Waals surface area contributed by atoms with Crippen molar-refractivity contribution in [1.29, 1.82) is 0 Å². The average Bonchev–Trinajstić information content (AvgIpc) is 2.54. The van der Waals surface area contributed by atoms with Crippen molar-refractivity contribution in [1.82, 2.24) is 10.3 Å². The highest BCUT2D eigenvalue weighted by Gasteiger charge is 2.17. The highest BCUT2D eigenvalue weighted by molar-refractivity contribution is 5.89. The van der Waals surface area contributed by atoms with E-state index in [4.69, 9.17) is 4.74 Å². The van der Waals surface area contributed by atoms with Crippen LogP contribution in [0.25, 0.3) is 0 Å². The van der Waals surface area contributed by atoms with Gasteiger partial charge in [-0.25, -0.2) is 9.78 Å². The zero-order chi connectivity index (χ0) is 15.1. The molecular weight excluding hydrogens is 266 g/mol. The van der Waals surface area contributed by atoms with Crippen LogP contribution in [0.2, 0.25) is 0 Å². The maximum atomic E-state index is 11.6. The molecule has 1 aliphatic heterocycles. The fourth-order valence-corrected chi connectivity index (χ4v) is 2.64. The number of pyridine rings is 1. The van der Waals surface area contributed by atoms with E-state index in [1.54, 1.807) is 19.2 Å². The molecule has 5 heteroatoms. The highest BCUT2D eigenvalue weighted by atomic mass is 16.5. The number of anilines is 1. The van der Waals surface area contributed by atoms with Crippen molar-refractivity contribution in [2.45, 2.75) is 39.2 Å². The minimum absolute atomic E-state index is 0.312. The number of esters is 1. The van der Waals surface area contributed by atoms with Crippen LogP contribution in [-0.2, 0) is 4.74 Å². The van der Waals surface area contributed by atoms with Crippen LogP contribution in [0.1, 0.15) is 43.5 Å². The molecule has 2 heterocycles. The zero-order valence-electron chi connectivity index (χ0n) is 13.0. The van der Waals surface area contributed by atoms with Crippen LogP contribution in [0.3, 0.4) is 0 Å². The molecular formula is C16H25N3O2. The van der Waals surface area contributed by atoms with E-state index in [0.717, 1.165) is 25.5 Å². The monoisotopic (exact) mass is 291 g/mol. The van der Waals surface area contributed by atoms with Crippen LogP contribution < -0.4 is 10.2 Å². The van der Waals surface area contributed by atoms with Crippen LogP contribution in [0.5, 0.6) is 0 Å². The van der Waals surface area contributed by atoms with Gasteiger partial charge in [-0.2, -0.15) is 0 Å². The number of carbonyl (C=O) groups excluding carboxylic acids is 1. The lowest BCUT2D eigenvalue weighted by Gasteiger charge is -2.30. The lowest BCUT2D eigenvalue weighted by molar-refractivity contribution is 0.0526. The lowest BCUT2D eigenvalue weighted by Crippen LogP contribution is -2.44. The molecule has 21 heavy (non-hydrogen) atoms. The van der Waals surface area contributed by atoms with Gasteiger partial charge in [0.2, 0.25) is 0 Å². The van der Waals surface area contributed by atoms with E-state index in [1.807, 2.05) is 6.07 Å². The molecule has 1 aliphatic rings. The second-order valence-corrected chi connectivity index (χ2v) is 5.31. The Labute approximate surface area is 126 Å². The standard InChI is InChI=1S/C16H25N3O2/c1-3-19(12-14-7-5-6-10-17-14)15-9-8-13(11-18-15)16(20)21-4-2/h8-9,11,14,17H,3-7,10,12H2,1-2H3. The molecule has 0 spiro atoms. The molecule has 2 rings (SSSR count). The number of nitrogens with one attached hydrogen (secondary N) is 1. The van der Waals surface area contributed by atoms with Crippen LogP contribution in [-0.4, -0.2) is 43.2 Å². The molecule has 1 unspecified atom stereocenters. The molecule has 0 saturated carbocycles. The van der Waals surface area contributed by atoms with Crippen molar-refractivity contribution >= 4 is 11.8 Å². The topological polar surface area (TPSA) is 54.5 Å². The van der Waals surface area contributed by atoms with Gasteiger partial charge in [-0.05, 0) is 45.4 Å². The summed E-state index contributed by atoms with van der Waals surface area (Å²) < 4.78 is 4.97. The molecule has 0 aliphatic carbocycles. The maximum Gasteiger partial charge on any atom is 0.339 e. The van der Waals surface area contributed by atoms with E-state index in [-0.39, 0.29) is 5.97 Å². The quantitative estimate of drug-likeness (QED) is 0.815. The second kappa shape index (κ2) is 7.98. The van der Waals surface area contributed by atoms with E-state index in [0.29, 0.717) is 18.2 Å². The van der Waals surface area contributed by atoms with Crippen molar-refractivity contribution in [2.75, 3.05) is 31.1 Å². The van der Waals surface area contributed by atoms with Gasteiger partial charge in [0, 0.05) is 25.3 Å². The van der Waals surface area contributed by atoms with Gasteiger partial charge in [-0.1, -0.05) is 6.42 Å². The summed E-state index contributed by atoms with van der Waals surface area (Å²) in [5, 5.41) is 3.56. The smallest absolute Gasteiger partial charge is 0.339 e. The first-order chi connectivity index (χ1) is 10.2. The first kappa shape index (κ1) is 15.8. The third-order valence-corrected chi connectivity index (χ3v) is 3.82. The molecule has 1 saturated heterocycles. The summed E-state index contributed by atoms with van der Waals surface area (Å²) in [5.74, 6) is 0.603. The molecule has 1 atom stereocenters. The van der Waals surface area contributed by atoms with Gasteiger partial charge in [-0.15, -0.1) is 0 Å². The number of rotatable bonds is 6. The van der Waals surface area contributed by atoms with Gasteiger partial charge < -0.3 is 15.0 Å². The molecule has 0 radical (unpaired) electrons. The summed E-state index contributed by atoms with van der Waals surface area (Å²) in [6.07, 6.45) is 5.39. The van der Waals surface area contributed by atoms with E-state index in [2.05, 4.69) is 22.1 Å². The Bertz CT molecular complexity index is 441.